The van der Waals surface area contributed by atoms with Crippen LogP contribution >= 0.6 is 12.2 Å². The van der Waals surface area contributed by atoms with Gasteiger partial charge in [-0.25, -0.2) is 4.79 Å². The number of benzene rings is 1. The lowest BCUT2D eigenvalue weighted by molar-refractivity contribution is -0.137. The fourth-order valence-corrected chi connectivity index (χ4v) is 2.41. The molecule has 1 heterocycles. The Hall–Kier alpha value is -2.60. The fourth-order valence-electron chi connectivity index (χ4n) is 2.06. The summed E-state index contributed by atoms with van der Waals surface area (Å²) in [5.41, 5.74) is 1.74. The third-order valence-electron chi connectivity index (χ3n) is 3.22. The van der Waals surface area contributed by atoms with Gasteiger partial charge < -0.3 is 19.8 Å². The first-order valence-corrected chi connectivity index (χ1v) is 8.03. The number of hydrogen-bond donors (Lipinski definition) is 2. The van der Waals surface area contributed by atoms with Crippen molar-refractivity contribution in [2.45, 2.75) is 20.4 Å². The number of thiocarbonyl (C=S) groups is 1. The highest BCUT2D eigenvalue weighted by atomic mass is 32.1. The van der Waals surface area contributed by atoms with Crippen LogP contribution in [0.4, 0.5) is 5.69 Å². The molecule has 0 fully saturated rings. The molecule has 0 aliphatic rings. The van der Waals surface area contributed by atoms with Gasteiger partial charge in [0.2, 0.25) is 0 Å². The molecule has 24 heavy (non-hydrogen) atoms. The van der Waals surface area contributed by atoms with E-state index in [9.17, 15) is 4.79 Å². The first-order valence-electron chi connectivity index (χ1n) is 7.62. The Morgan fingerprint density at radius 1 is 1.21 bits per heavy atom. The number of hydrogen-bond acceptors (Lipinski definition) is 5. The van der Waals surface area contributed by atoms with Crippen LogP contribution in [-0.2, 0) is 16.1 Å². The molecule has 2 rings (SSSR count). The van der Waals surface area contributed by atoms with Crippen LogP contribution < -0.4 is 10.6 Å². The van der Waals surface area contributed by atoms with E-state index < -0.39 is 5.97 Å². The highest BCUT2D eigenvalue weighted by molar-refractivity contribution is 7.81. The minimum absolute atomic E-state index is 0.280. The van der Waals surface area contributed by atoms with Gasteiger partial charge >= 0.3 is 5.97 Å². The molecule has 126 valence electrons. The summed E-state index contributed by atoms with van der Waals surface area (Å²) in [6.45, 7) is 4.28. The van der Waals surface area contributed by atoms with E-state index in [-0.39, 0.29) is 6.61 Å². The van der Waals surface area contributed by atoms with Gasteiger partial charge in [-0.05, 0) is 38.1 Å². The number of ether oxygens (including phenoxy) is 1. The average molecular weight is 344 g/mol. The summed E-state index contributed by atoms with van der Waals surface area (Å²) in [6.07, 6.45) is 1.60. The molecule has 6 heteroatoms. The van der Waals surface area contributed by atoms with Gasteiger partial charge in [-0.3, -0.25) is 0 Å². The maximum absolute atomic E-state index is 12.3. The van der Waals surface area contributed by atoms with Crippen molar-refractivity contribution in [2.75, 3.05) is 11.9 Å². The van der Waals surface area contributed by atoms with E-state index in [4.69, 9.17) is 21.4 Å². The molecule has 2 N–H and O–H groups in total. The largest absolute Gasteiger partial charge is 0.467 e. The maximum atomic E-state index is 12.3. The van der Waals surface area contributed by atoms with Gasteiger partial charge in [-0.1, -0.05) is 30.4 Å². The van der Waals surface area contributed by atoms with E-state index in [0.717, 1.165) is 11.4 Å². The molecule has 0 amide bonds. The maximum Gasteiger partial charge on any atom is 0.342 e. The number of allylic oxidation sites excluding steroid dienone is 1. The molecule has 0 aliphatic heterocycles. The molecule has 0 saturated heterocycles. The highest BCUT2D eigenvalue weighted by Crippen LogP contribution is 2.13. The van der Waals surface area contributed by atoms with E-state index in [1.165, 1.54) is 0 Å². The van der Waals surface area contributed by atoms with Crippen molar-refractivity contribution in [1.29, 1.82) is 0 Å². The number of esters is 1. The molecule has 1 aromatic carbocycles. The third-order valence-corrected chi connectivity index (χ3v) is 3.53. The van der Waals surface area contributed by atoms with Crippen molar-refractivity contribution in [3.8, 4) is 0 Å². The minimum atomic E-state index is -0.463. The Morgan fingerprint density at radius 2 is 1.96 bits per heavy atom. The number of carbonyl (C=O) groups excluding carboxylic acids is 1. The highest BCUT2D eigenvalue weighted by Gasteiger charge is 2.20. The molecular weight excluding hydrogens is 324 g/mol. The Labute approximate surface area is 146 Å². The van der Waals surface area contributed by atoms with Crippen molar-refractivity contribution < 1.29 is 13.9 Å². The summed E-state index contributed by atoms with van der Waals surface area (Å²) in [5, 5.41) is 6.21. The van der Waals surface area contributed by atoms with Gasteiger partial charge in [0.25, 0.3) is 0 Å². The van der Waals surface area contributed by atoms with Crippen molar-refractivity contribution in [1.82, 2.24) is 5.32 Å². The molecule has 0 saturated carbocycles. The zero-order valence-corrected chi connectivity index (χ0v) is 14.5. The van der Waals surface area contributed by atoms with E-state index in [0.29, 0.717) is 22.8 Å². The standard InChI is InChI=1S/C18H20N2O3S/c1-3-22-18(21)16(13(2)19-12-15-10-7-11-23-15)17(24)20-14-8-5-4-6-9-14/h4-11,19H,3,12H2,1-2H3,(H,20,24)/b16-13+. The summed E-state index contributed by atoms with van der Waals surface area (Å²) in [5.74, 6) is 0.301. The Kier molecular flexibility index (Phi) is 6.57. The molecule has 5 nitrogen and oxygen atoms in total. The summed E-state index contributed by atoms with van der Waals surface area (Å²) < 4.78 is 10.4. The monoisotopic (exact) mass is 344 g/mol. The SMILES string of the molecule is CCOC(=O)/C(C(=S)Nc1ccccc1)=C(\C)NCc1ccco1. The van der Waals surface area contributed by atoms with Crippen molar-refractivity contribution in [2.24, 2.45) is 0 Å². The summed E-state index contributed by atoms with van der Waals surface area (Å²) in [7, 11) is 0. The molecule has 0 atom stereocenters. The quantitative estimate of drug-likeness (QED) is 0.454. The van der Waals surface area contributed by atoms with Crippen molar-refractivity contribution >= 4 is 28.9 Å². The van der Waals surface area contributed by atoms with E-state index in [2.05, 4.69) is 10.6 Å². The van der Waals surface area contributed by atoms with Crippen LogP contribution in [0.2, 0.25) is 0 Å². The van der Waals surface area contributed by atoms with Crippen LogP contribution in [0.5, 0.6) is 0 Å². The van der Waals surface area contributed by atoms with Gasteiger partial charge in [0.05, 0.1) is 19.4 Å². The minimum Gasteiger partial charge on any atom is -0.467 e. The smallest absolute Gasteiger partial charge is 0.342 e. The number of para-hydroxylation sites is 1. The van der Waals surface area contributed by atoms with Crippen LogP contribution in [0.3, 0.4) is 0 Å². The lowest BCUT2D eigenvalue weighted by atomic mass is 10.2. The van der Waals surface area contributed by atoms with Crippen LogP contribution in [0, 0.1) is 0 Å². The fraction of sp³-hybridized carbons (Fsp3) is 0.222. The molecule has 0 unspecified atom stereocenters. The first-order chi connectivity index (χ1) is 11.6. The van der Waals surface area contributed by atoms with Crippen LogP contribution in [0.15, 0.2) is 64.4 Å². The topological polar surface area (TPSA) is 63.5 Å². The molecule has 2 aromatic rings. The Bertz CT molecular complexity index is 709. The normalized spacial score (nSPS) is 11.4. The molecule has 0 aliphatic carbocycles. The molecule has 0 radical (unpaired) electrons. The predicted octanol–water partition coefficient (Wildman–Crippen LogP) is 3.65. The van der Waals surface area contributed by atoms with Gasteiger partial charge in [0.15, 0.2) is 0 Å². The summed E-state index contributed by atoms with van der Waals surface area (Å²) >= 11 is 5.41. The predicted molar refractivity (Wildman–Crippen MR) is 97.5 cm³/mol. The lowest BCUT2D eigenvalue weighted by Gasteiger charge is -2.15. The number of rotatable bonds is 7. The number of nitrogens with one attached hydrogen (secondary N) is 2. The van der Waals surface area contributed by atoms with E-state index in [1.54, 1.807) is 20.1 Å². The molecule has 0 bridgehead atoms. The zero-order chi connectivity index (χ0) is 17.4. The summed E-state index contributed by atoms with van der Waals surface area (Å²) in [4.78, 5) is 12.6. The van der Waals surface area contributed by atoms with Gasteiger partial charge in [0.1, 0.15) is 16.3 Å². The number of anilines is 1. The summed E-state index contributed by atoms with van der Waals surface area (Å²) in [6, 6.07) is 13.1. The second-order valence-electron chi connectivity index (χ2n) is 4.97. The molecule has 0 spiro atoms. The van der Waals surface area contributed by atoms with Crippen molar-refractivity contribution in [3.05, 3.63) is 65.8 Å². The lowest BCUT2D eigenvalue weighted by Crippen LogP contribution is -2.26. The number of furan rings is 1. The average Bonchev–Trinajstić information content (AvgIpc) is 3.08. The molecular formula is C18H20N2O3S. The van der Waals surface area contributed by atoms with Gasteiger partial charge in [-0.2, -0.15) is 0 Å². The van der Waals surface area contributed by atoms with Crippen molar-refractivity contribution in [3.63, 3.8) is 0 Å². The van der Waals surface area contributed by atoms with E-state index in [1.807, 2.05) is 42.5 Å². The Morgan fingerprint density at radius 3 is 2.58 bits per heavy atom. The van der Waals surface area contributed by atoms with Gasteiger partial charge in [0, 0.05) is 11.4 Å². The van der Waals surface area contributed by atoms with Crippen LogP contribution in [0.1, 0.15) is 19.6 Å². The van der Waals surface area contributed by atoms with Crippen LogP contribution in [-0.4, -0.2) is 17.6 Å². The second kappa shape index (κ2) is 8.88. The number of carbonyl (C=O) groups is 1. The van der Waals surface area contributed by atoms with Gasteiger partial charge in [-0.15, -0.1) is 0 Å². The van der Waals surface area contributed by atoms with E-state index >= 15 is 0 Å². The van der Waals surface area contributed by atoms with Crippen LogP contribution in [0.25, 0.3) is 0 Å². The second-order valence-corrected chi connectivity index (χ2v) is 5.38. The molecule has 1 aromatic heterocycles. The zero-order valence-electron chi connectivity index (χ0n) is 13.7. The first kappa shape index (κ1) is 17.7. The Balaban J connectivity index is 2.17. The third kappa shape index (κ3) is 4.96.